The van der Waals surface area contributed by atoms with Crippen LogP contribution in [0.5, 0.6) is 0 Å². The Kier molecular flexibility index (Phi) is 3.14. The van der Waals surface area contributed by atoms with Gasteiger partial charge < -0.3 is 9.80 Å². The second kappa shape index (κ2) is 4.44. The molecule has 0 saturated heterocycles. The molecule has 2 rings (SSSR count). The summed E-state index contributed by atoms with van der Waals surface area (Å²) in [6, 6.07) is 4.88. The lowest BCUT2D eigenvalue weighted by Crippen LogP contribution is -2.25. The van der Waals surface area contributed by atoms with Crippen molar-refractivity contribution in [2.24, 2.45) is 0 Å². The zero-order chi connectivity index (χ0) is 12.6. The zero-order valence-electron chi connectivity index (χ0n) is 11.3. The molecule has 0 N–H and O–H groups in total. The Morgan fingerprint density at radius 1 is 1.00 bits per heavy atom. The van der Waals surface area contributed by atoms with E-state index in [1.54, 1.807) is 0 Å². The molecule has 17 heavy (non-hydrogen) atoms. The molecule has 0 fully saturated rings. The molecule has 0 atom stereocenters. The summed E-state index contributed by atoms with van der Waals surface area (Å²) in [5, 5.41) is 0. The van der Waals surface area contributed by atoms with Crippen LogP contribution in [0.25, 0.3) is 0 Å². The predicted molar refractivity (Wildman–Crippen MR) is 72.5 cm³/mol. The monoisotopic (exact) mass is 228 g/mol. The number of rotatable bonds is 2. The highest BCUT2D eigenvalue weighted by atomic mass is 15.3. The van der Waals surface area contributed by atoms with E-state index in [1.807, 2.05) is 0 Å². The van der Waals surface area contributed by atoms with Gasteiger partial charge in [-0.05, 0) is 45.7 Å². The molecule has 0 spiro atoms. The van der Waals surface area contributed by atoms with Gasteiger partial charge in [0.05, 0.1) is 0 Å². The first-order valence-electron chi connectivity index (χ1n) is 6.09. The van der Waals surface area contributed by atoms with Gasteiger partial charge in [-0.2, -0.15) is 0 Å². The van der Waals surface area contributed by atoms with Gasteiger partial charge in [0.25, 0.3) is 0 Å². The molecule has 1 heterocycles. The summed E-state index contributed by atoms with van der Waals surface area (Å²) in [6.45, 7) is 14.1. The summed E-state index contributed by atoms with van der Waals surface area (Å²) in [5.74, 6) is 0. The van der Waals surface area contributed by atoms with Crippen LogP contribution in [0, 0.1) is 27.4 Å². The Morgan fingerprint density at radius 2 is 1.59 bits per heavy atom. The average Bonchev–Trinajstić information content (AvgIpc) is 2.65. The maximum Gasteiger partial charge on any atom is 0.213 e. The Labute approximate surface area is 105 Å². The number of benzene rings is 1. The first-order valence-corrected chi connectivity index (χ1v) is 6.09. The Balaban J connectivity index is 2.29. The van der Waals surface area contributed by atoms with Crippen LogP contribution in [0.15, 0.2) is 24.5 Å². The maximum absolute atomic E-state index is 3.36. The summed E-state index contributed by atoms with van der Waals surface area (Å²) in [6.07, 6.45) is 4.15. The fourth-order valence-electron chi connectivity index (χ4n) is 2.29. The molecular weight excluding hydrogens is 208 g/mol. The minimum absolute atomic E-state index is 0.447. The van der Waals surface area contributed by atoms with Crippen molar-refractivity contribution in [2.45, 2.75) is 40.7 Å². The number of hydrogen-bond acceptors (Lipinski definition) is 2. The zero-order valence-corrected chi connectivity index (χ0v) is 11.3. The molecule has 2 nitrogen and oxygen atoms in total. The van der Waals surface area contributed by atoms with Gasteiger partial charge >= 0.3 is 0 Å². The number of aryl methyl sites for hydroxylation is 3. The minimum Gasteiger partial charge on any atom is -0.343 e. The van der Waals surface area contributed by atoms with E-state index in [1.165, 1.54) is 22.4 Å². The van der Waals surface area contributed by atoms with Crippen molar-refractivity contribution in [3.05, 3.63) is 47.9 Å². The highest BCUT2D eigenvalue weighted by molar-refractivity contribution is 5.63. The lowest BCUT2D eigenvalue weighted by Gasteiger charge is -2.24. The molecule has 0 saturated carbocycles. The van der Waals surface area contributed by atoms with E-state index in [9.17, 15) is 0 Å². The molecule has 0 amide bonds. The Hall–Kier alpha value is -1.44. The summed E-state index contributed by atoms with van der Waals surface area (Å²) in [4.78, 5) is 4.18. The quantitative estimate of drug-likeness (QED) is 0.763. The van der Waals surface area contributed by atoms with Crippen LogP contribution in [-0.2, 0) is 0 Å². The molecule has 90 valence electrons. The molecule has 1 aliphatic heterocycles. The SMILES string of the molecule is Cc1cc(C)c(N2[C]N(C(C)C)C=C2)c(C)c1. The molecule has 1 aromatic carbocycles. The van der Waals surface area contributed by atoms with Crippen molar-refractivity contribution >= 4 is 5.69 Å². The van der Waals surface area contributed by atoms with E-state index in [2.05, 4.69) is 75.6 Å². The van der Waals surface area contributed by atoms with Crippen LogP contribution >= 0.6 is 0 Å². The van der Waals surface area contributed by atoms with Gasteiger partial charge in [-0.3, -0.25) is 0 Å². The highest BCUT2D eigenvalue weighted by Crippen LogP contribution is 2.30. The third-order valence-corrected chi connectivity index (χ3v) is 3.03. The molecule has 0 unspecified atom stereocenters. The van der Waals surface area contributed by atoms with Gasteiger partial charge in [-0.15, -0.1) is 0 Å². The van der Waals surface area contributed by atoms with Gasteiger partial charge in [-0.1, -0.05) is 17.7 Å². The van der Waals surface area contributed by atoms with Gasteiger partial charge in [0.2, 0.25) is 6.67 Å². The molecule has 0 aliphatic carbocycles. The first kappa shape index (κ1) is 12.0. The summed E-state index contributed by atoms with van der Waals surface area (Å²) in [7, 11) is 0. The summed E-state index contributed by atoms with van der Waals surface area (Å²) >= 11 is 0. The Morgan fingerprint density at radius 3 is 2.06 bits per heavy atom. The van der Waals surface area contributed by atoms with Gasteiger partial charge in [-0.25, -0.2) is 0 Å². The maximum atomic E-state index is 3.36. The van der Waals surface area contributed by atoms with Crippen molar-refractivity contribution < 1.29 is 0 Å². The topological polar surface area (TPSA) is 6.48 Å². The molecule has 0 aromatic heterocycles. The van der Waals surface area contributed by atoms with E-state index in [0.29, 0.717) is 6.04 Å². The summed E-state index contributed by atoms with van der Waals surface area (Å²) in [5.41, 5.74) is 5.15. The van der Waals surface area contributed by atoms with E-state index < -0.39 is 0 Å². The number of hydrogen-bond donors (Lipinski definition) is 0. The van der Waals surface area contributed by atoms with Crippen LogP contribution < -0.4 is 4.90 Å². The molecule has 0 bridgehead atoms. The summed E-state index contributed by atoms with van der Waals surface area (Å²) < 4.78 is 0. The second-order valence-corrected chi connectivity index (χ2v) is 5.02. The fourth-order valence-corrected chi connectivity index (χ4v) is 2.29. The lowest BCUT2D eigenvalue weighted by molar-refractivity contribution is 0.387. The highest BCUT2D eigenvalue weighted by Gasteiger charge is 2.20. The van der Waals surface area contributed by atoms with E-state index in [0.717, 1.165) is 0 Å². The number of anilines is 1. The van der Waals surface area contributed by atoms with E-state index in [4.69, 9.17) is 0 Å². The molecular formula is C15H20N2. The van der Waals surface area contributed by atoms with Crippen LogP contribution in [0.3, 0.4) is 0 Å². The largest absolute Gasteiger partial charge is 0.343 e. The second-order valence-electron chi connectivity index (χ2n) is 5.02. The Bertz CT molecular complexity index is 423. The van der Waals surface area contributed by atoms with Crippen molar-refractivity contribution in [3.8, 4) is 0 Å². The molecule has 1 aliphatic rings. The minimum atomic E-state index is 0.447. The molecule has 2 radical (unpaired) electrons. The van der Waals surface area contributed by atoms with Gasteiger partial charge in [0.1, 0.15) is 0 Å². The average molecular weight is 228 g/mol. The van der Waals surface area contributed by atoms with Crippen LogP contribution in [-0.4, -0.2) is 10.9 Å². The normalized spacial score (nSPS) is 15.2. The van der Waals surface area contributed by atoms with E-state index >= 15 is 0 Å². The fraction of sp³-hybridized carbons (Fsp3) is 0.400. The van der Waals surface area contributed by atoms with Crippen LogP contribution in [0.1, 0.15) is 30.5 Å². The third-order valence-electron chi connectivity index (χ3n) is 3.03. The predicted octanol–water partition coefficient (Wildman–Crippen LogP) is 3.61. The van der Waals surface area contributed by atoms with Crippen molar-refractivity contribution in [1.82, 2.24) is 4.90 Å². The van der Waals surface area contributed by atoms with Crippen LogP contribution in [0.4, 0.5) is 5.69 Å². The third kappa shape index (κ3) is 2.31. The lowest BCUT2D eigenvalue weighted by atomic mass is 10.0. The molecule has 1 aromatic rings. The van der Waals surface area contributed by atoms with Crippen molar-refractivity contribution in [3.63, 3.8) is 0 Å². The van der Waals surface area contributed by atoms with Crippen molar-refractivity contribution in [2.75, 3.05) is 4.90 Å². The first-order chi connectivity index (χ1) is 7.99. The molecule has 2 heteroatoms. The van der Waals surface area contributed by atoms with Gasteiger partial charge in [0, 0.05) is 24.1 Å². The number of nitrogens with zero attached hydrogens (tertiary/aromatic N) is 2. The van der Waals surface area contributed by atoms with Gasteiger partial charge in [0.15, 0.2) is 0 Å². The smallest absolute Gasteiger partial charge is 0.213 e. The van der Waals surface area contributed by atoms with Crippen LogP contribution in [0.2, 0.25) is 0 Å². The van der Waals surface area contributed by atoms with E-state index in [-0.39, 0.29) is 0 Å². The van der Waals surface area contributed by atoms with Crippen molar-refractivity contribution in [1.29, 1.82) is 0 Å². The standard InChI is InChI=1S/C15H20N2/c1-11(2)16-6-7-17(10-16)15-13(4)8-12(3)9-14(15)5/h6-9,11H,1-5H3.